The maximum Gasteiger partial charge on any atom is 0.152 e. The molecule has 0 aliphatic carbocycles. The van der Waals surface area contributed by atoms with Crippen molar-refractivity contribution in [2.45, 2.75) is 13.2 Å². The minimum Gasteiger partial charge on any atom is -0.487 e. The number of fused-ring (bicyclic) bond motifs is 1. The van der Waals surface area contributed by atoms with Gasteiger partial charge in [-0.3, -0.25) is 4.18 Å². The number of nitrogens with one attached hydrogen (secondary N) is 1. The molecule has 10 heteroatoms. The molecule has 37 heavy (non-hydrogen) atoms. The van der Waals surface area contributed by atoms with E-state index in [1.807, 2.05) is 30.3 Å². The lowest BCUT2D eigenvalue weighted by Crippen LogP contribution is -1.99. The molecule has 0 radical (unpaired) electrons. The van der Waals surface area contributed by atoms with E-state index in [0.29, 0.717) is 39.4 Å². The first kappa shape index (κ1) is 24.9. The zero-order valence-electron chi connectivity index (χ0n) is 19.6. The minimum absolute atomic E-state index is 0.120. The molecule has 2 heterocycles. The number of anilines is 2. The second kappa shape index (κ2) is 11.1. The molecule has 3 aromatic carbocycles. The molecule has 0 saturated heterocycles. The topological polar surface area (TPSA) is 86.5 Å². The smallest absolute Gasteiger partial charge is 0.152 e. The van der Waals surface area contributed by atoms with E-state index in [-0.39, 0.29) is 19.0 Å². The third-order valence-corrected chi connectivity index (χ3v) is 6.17. The molecule has 0 fully saturated rings. The predicted molar refractivity (Wildman–Crippen MR) is 142 cm³/mol. The number of halogens is 2. The highest BCUT2D eigenvalue weighted by Crippen LogP contribution is 2.33. The minimum atomic E-state index is -1.37. The van der Waals surface area contributed by atoms with Gasteiger partial charge in [0.25, 0.3) is 0 Å². The van der Waals surface area contributed by atoms with Crippen LogP contribution in [-0.2, 0) is 28.5 Å². The fourth-order valence-corrected chi connectivity index (χ4v) is 4.20. The zero-order valence-corrected chi connectivity index (χ0v) is 21.2. The highest BCUT2D eigenvalue weighted by atomic mass is 35.5. The average molecular weight is 538 g/mol. The number of nitrogens with zero attached hydrogens (tertiary/aromatic N) is 2. The second-order valence-electron chi connectivity index (χ2n) is 8.07. The molecule has 1 unspecified atom stereocenters. The lowest BCUT2D eigenvalue weighted by Gasteiger charge is -2.12. The Bertz CT molecular complexity index is 1590. The van der Waals surface area contributed by atoms with E-state index < -0.39 is 11.1 Å². The molecule has 1 N–H and O–H groups in total. The van der Waals surface area contributed by atoms with Crippen molar-refractivity contribution in [3.8, 4) is 17.1 Å². The fraction of sp³-hybridized carbons (Fsp3) is 0.111. The van der Waals surface area contributed by atoms with Crippen molar-refractivity contribution >= 4 is 45.1 Å². The maximum atomic E-state index is 13.4. The summed E-state index contributed by atoms with van der Waals surface area (Å²) in [7, 11) is 0. The number of hydrogen-bond acceptors (Lipinski definition) is 7. The molecule has 0 saturated carbocycles. The van der Waals surface area contributed by atoms with E-state index in [0.717, 1.165) is 16.5 Å². The quantitative estimate of drug-likeness (QED) is 0.221. The van der Waals surface area contributed by atoms with Crippen molar-refractivity contribution in [2.75, 3.05) is 11.6 Å². The largest absolute Gasteiger partial charge is 0.487 e. The first-order valence-electron chi connectivity index (χ1n) is 11.2. The lowest BCUT2D eigenvalue weighted by atomic mass is 10.1. The van der Waals surface area contributed by atoms with E-state index in [1.54, 1.807) is 30.3 Å². The first-order chi connectivity index (χ1) is 17.9. The van der Waals surface area contributed by atoms with Crippen molar-refractivity contribution in [1.29, 1.82) is 0 Å². The molecule has 188 valence electrons. The van der Waals surface area contributed by atoms with Gasteiger partial charge < -0.3 is 14.5 Å². The fourth-order valence-electron chi connectivity index (χ4n) is 3.68. The van der Waals surface area contributed by atoms with Crippen molar-refractivity contribution < 1.29 is 21.9 Å². The van der Waals surface area contributed by atoms with E-state index in [1.165, 1.54) is 24.7 Å². The van der Waals surface area contributed by atoms with Crippen LogP contribution in [0.15, 0.2) is 83.5 Å². The van der Waals surface area contributed by atoms with Gasteiger partial charge in [-0.15, -0.1) is 0 Å². The van der Waals surface area contributed by atoms with Crippen LogP contribution in [0.1, 0.15) is 11.3 Å². The van der Waals surface area contributed by atoms with Crippen LogP contribution in [0.2, 0.25) is 5.02 Å². The van der Waals surface area contributed by atoms with Crippen LogP contribution in [0, 0.1) is 5.82 Å². The second-order valence-corrected chi connectivity index (χ2v) is 9.52. The van der Waals surface area contributed by atoms with E-state index in [9.17, 15) is 8.60 Å². The molecule has 0 aliphatic heterocycles. The van der Waals surface area contributed by atoms with Gasteiger partial charge in [0.2, 0.25) is 0 Å². The molecule has 5 rings (SSSR count). The van der Waals surface area contributed by atoms with E-state index in [4.69, 9.17) is 24.9 Å². The SMILES string of the molecule is CS(=O)OCc1ccc(-c2ccc3ncnc(Nc4ccc(OCc5cccc(F)c5)c(Cl)c4)c3c2)o1. The van der Waals surface area contributed by atoms with Crippen LogP contribution in [0.5, 0.6) is 5.75 Å². The van der Waals surface area contributed by atoms with Crippen LogP contribution in [0.25, 0.3) is 22.2 Å². The number of ether oxygens (including phenoxy) is 1. The highest BCUT2D eigenvalue weighted by Gasteiger charge is 2.11. The van der Waals surface area contributed by atoms with Crippen molar-refractivity contribution in [1.82, 2.24) is 9.97 Å². The Labute approximate surface area is 219 Å². The summed E-state index contributed by atoms with van der Waals surface area (Å²) in [5, 5.41) is 4.47. The summed E-state index contributed by atoms with van der Waals surface area (Å²) >= 11 is 5.08. The molecule has 0 spiro atoms. The monoisotopic (exact) mass is 537 g/mol. The van der Waals surface area contributed by atoms with Gasteiger partial charge in [0.05, 0.1) is 10.5 Å². The Morgan fingerprint density at radius 2 is 1.92 bits per heavy atom. The number of aromatic nitrogens is 2. The van der Waals surface area contributed by atoms with Gasteiger partial charge in [-0.05, 0) is 66.2 Å². The van der Waals surface area contributed by atoms with Crippen molar-refractivity contribution in [3.63, 3.8) is 0 Å². The Kier molecular flexibility index (Phi) is 7.45. The number of benzene rings is 3. The van der Waals surface area contributed by atoms with Crippen LogP contribution >= 0.6 is 11.6 Å². The summed E-state index contributed by atoms with van der Waals surface area (Å²) in [4.78, 5) is 8.77. The first-order valence-corrected chi connectivity index (χ1v) is 13.0. The van der Waals surface area contributed by atoms with Gasteiger partial charge in [-0.1, -0.05) is 23.7 Å². The van der Waals surface area contributed by atoms with Gasteiger partial charge in [0.1, 0.15) is 48.4 Å². The molecular formula is C27H21ClFN3O4S. The van der Waals surface area contributed by atoms with Crippen LogP contribution < -0.4 is 10.1 Å². The van der Waals surface area contributed by atoms with Crippen LogP contribution in [-0.4, -0.2) is 20.4 Å². The average Bonchev–Trinajstić information content (AvgIpc) is 3.36. The zero-order chi connectivity index (χ0) is 25.8. The number of furan rings is 1. The number of rotatable bonds is 9. The van der Waals surface area contributed by atoms with Gasteiger partial charge in [-0.2, -0.15) is 0 Å². The molecule has 0 amide bonds. The molecule has 0 aliphatic rings. The van der Waals surface area contributed by atoms with Gasteiger partial charge in [-0.25, -0.2) is 18.6 Å². The summed E-state index contributed by atoms with van der Waals surface area (Å²) in [5.74, 6) is 1.97. The summed E-state index contributed by atoms with van der Waals surface area (Å²) in [6.07, 6.45) is 2.94. The summed E-state index contributed by atoms with van der Waals surface area (Å²) < 4.78 is 41.3. The van der Waals surface area contributed by atoms with Gasteiger partial charge in [0, 0.05) is 22.9 Å². The third-order valence-electron chi connectivity index (χ3n) is 5.43. The molecule has 1 atom stereocenters. The molecule has 2 aromatic heterocycles. The van der Waals surface area contributed by atoms with Gasteiger partial charge in [0.15, 0.2) is 11.1 Å². The third kappa shape index (κ3) is 6.14. The summed E-state index contributed by atoms with van der Waals surface area (Å²) in [6.45, 7) is 0.315. The van der Waals surface area contributed by atoms with E-state index in [2.05, 4.69) is 15.3 Å². The maximum absolute atomic E-state index is 13.4. The molecule has 0 bridgehead atoms. The Balaban J connectivity index is 1.35. The molecule has 7 nitrogen and oxygen atoms in total. The molecular weight excluding hydrogens is 517 g/mol. The van der Waals surface area contributed by atoms with Crippen molar-refractivity contribution in [2.24, 2.45) is 0 Å². The normalized spacial score (nSPS) is 12.0. The number of hydrogen-bond donors (Lipinski definition) is 1. The van der Waals surface area contributed by atoms with Crippen molar-refractivity contribution in [3.05, 3.63) is 101 Å². The summed E-state index contributed by atoms with van der Waals surface area (Å²) in [6, 6.07) is 20.9. The van der Waals surface area contributed by atoms with Gasteiger partial charge >= 0.3 is 0 Å². The standard InChI is InChI=1S/C27H21ClFN3O4S/c1-37(33)35-15-21-7-10-25(36-21)18-5-8-24-22(12-18)27(31-16-30-24)32-20-6-9-26(23(28)13-20)34-14-17-3-2-4-19(29)11-17/h2-13,16H,14-15H2,1H3,(H,30,31,32). The van der Waals surface area contributed by atoms with E-state index >= 15 is 0 Å². The predicted octanol–water partition coefficient (Wildman–Crippen LogP) is 6.82. The Morgan fingerprint density at radius 1 is 1.03 bits per heavy atom. The van der Waals surface area contributed by atoms with Crippen LogP contribution in [0.4, 0.5) is 15.9 Å². The van der Waals surface area contributed by atoms with Crippen LogP contribution in [0.3, 0.4) is 0 Å². The lowest BCUT2D eigenvalue weighted by molar-refractivity contribution is 0.299. The summed E-state index contributed by atoms with van der Waals surface area (Å²) in [5.41, 5.74) is 2.99. The molecule has 5 aromatic rings. The Morgan fingerprint density at radius 3 is 2.73 bits per heavy atom. The highest BCUT2D eigenvalue weighted by molar-refractivity contribution is 7.79. The Hall–Kier alpha value is -3.79.